The lowest BCUT2D eigenvalue weighted by Gasteiger charge is -1.99. The van der Waals surface area contributed by atoms with Crippen molar-refractivity contribution in [2.75, 3.05) is 0 Å². The highest BCUT2D eigenvalue weighted by Gasteiger charge is 1.97. The highest BCUT2D eigenvalue weighted by molar-refractivity contribution is 5.66. The van der Waals surface area contributed by atoms with Gasteiger partial charge < -0.3 is 11.3 Å². The van der Waals surface area contributed by atoms with Gasteiger partial charge in [0.1, 0.15) is 0 Å². The van der Waals surface area contributed by atoms with Crippen LogP contribution in [-0.2, 0) is 4.79 Å². The maximum Gasteiger partial charge on any atom is 0.303 e. The zero-order valence-electron chi connectivity index (χ0n) is 6.76. The Morgan fingerprint density at radius 1 is 1.50 bits per heavy atom. The van der Waals surface area contributed by atoms with Crippen LogP contribution in [0, 0.1) is 5.92 Å². The number of rotatable bonds is 4. The summed E-state index contributed by atoms with van der Waals surface area (Å²) in [5, 5.41) is 8.23. The van der Waals surface area contributed by atoms with E-state index < -0.39 is 5.97 Å². The molecule has 0 saturated heterocycles. The van der Waals surface area contributed by atoms with Crippen LogP contribution in [0.15, 0.2) is 0 Å². The van der Waals surface area contributed by atoms with Gasteiger partial charge in [0.15, 0.2) is 0 Å². The number of carboxylic acid groups (broad SMARTS) is 1. The van der Waals surface area contributed by atoms with Crippen LogP contribution in [0.5, 0.6) is 0 Å². The van der Waals surface area contributed by atoms with E-state index >= 15 is 0 Å². The van der Waals surface area contributed by atoms with Crippen LogP contribution < -0.4 is 6.15 Å². The minimum absolute atomic E-state index is 0. The number of hydrogen-bond acceptors (Lipinski definition) is 2. The molecule has 0 saturated carbocycles. The number of aliphatic carboxylic acids is 1. The Morgan fingerprint density at radius 3 is 2.30 bits per heavy atom. The third-order valence-electron chi connectivity index (χ3n) is 1.17. The molecule has 0 fully saturated rings. The van der Waals surface area contributed by atoms with Gasteiger partial charge in [-0.05, 0) is 12.3 Å². The van der Waals surface area contributed by atoms with E-state index in [2.05, 4.69) is 13.8 Å². The molecular formula is C7H17NO2. The van der Waals surface area contributed by atoms with Crippen LogP contribution in [-0.4, -0.2) is 11.1 Å². The lowest BCUT2D eigenvalue weighted by Crippen LogP contribution is -1.95. The average Bonchev–Trinajstić information content (AvgIpc) is 1.63. The van der Waals surface area contributed by atoms with Crippen LogP contribution >= 0.6 is 0 Å². The number of carbonyl (C=O) groups is 1. The maximum absolute atomic E-state index is 9.98. The van der Waals surface area contributed by atoms with E-state index in [4.69, 9.17) is 5.11 Å². The molecule has 0 aromatic rings. The molecule has 0 spiro atoms. The molecule has 4 N–H and O–H groups in total. The molecule has 0 bridgehead atoms. The molecule has 62 valence electrons. The Hall–Kier alpha value is -0.570. The second kappa shape index (κ2) is 6.55. The summed E-state index contributed by atoms with van der Waals surface area (Å²) in [6.45, 7) is 4.20. The summed E-state index contributed by atoms with van der Waals surface area (Å²) in [4.78, 5) is 9.98. The minimum Gasteiger partial charge on any atom is -0.481 e. The predicted molar refractivity (Wildman–Crippen MR) is 41.3 cm³/mol. The van der Waals surface area contributed by atoms with Crippen molar-refractivity contribution < 1.29 is 9.90 Å². The first-order chi connectivity index (χ1) is 4.13. The minimum atomic E-state index is -0.685. The molecule has 0 aliphatic carbocycles. The average molecular weight is 147 g/mol. The van der Waals surface area contributed by atoms with Crippen molar-refractivity contribution in [2.24, 2.45) is 5.92 Å². The van der Waals surface area contributed by atoms with Crippen LogP contribution in [0.3, 0.4) is 0 Å². The van der Waals surface area contributed by atoms with E-state index in [-0.39, 0.29) is 6.15 Å². The molecular weight excluding hydrogens is 130 g/mol. The van der Waals surface area contributed by atoms with Crippen LogP contribution in [0.1, 0.15) is 33.1 Å². The number of carboxylic acids is 1. The van der Waals surface area contributed by atoms with Crippen molar-refractivity contribution in [3.63, 3.8) is 0 Å². The summed E-state index contributed by atoms with van der Waals surface area (Å²) in [5.41, 5.74) is 0. The molecule has 0 aromatic carbocycles. The van der Waals surface area contributed by atoms with Crippen molar-refractivity contribution in [1.29, 1.82) is 0 Å². The lowest BCUT2D eigenvalue weighted by molar-refractivity contribution is -0.137. The van der Waals surface area contributed by atoms with Gasteiger partial charge in [-0.2, -0.15) is 0 Å². The first-order valence-electron chi connectivity index (χ1n) is 3.34. The van der Waals surface area contributed by atoms with E-state index in [9.17, 15) is 4.79 Å². The Morgan fingerprint density at radius 2 is 2.00 bits per heavy atom. The monoisotopic (exact) mass is 147 g/mol. The van der Waals surface area contributed by atoms with Gasteiger partial charge in [-0.1, -0.05) is 20.3 Å². The Bertz CT molecular complexity index is 91.6. The molecule has 0 aliphatic heterocycles. The van der Waals surface area contributed by atoms with Crippen LogP contribution in [0.25, 0.3) is 0 Å². The smallest absolute Gasteiger partial charge is 0.303 e. The van der Waals surface area contributed by atoms with E-state index in [0.717, 1.165) is 12.8 Å². The zero-order valence-corrected chi connectivity index (χ0v) is 6.76. The van der Waals surface area contributed by atoms with Gasteiger partial charge in [-0.3, -0.25) is 4.79 Å². The van der Waals surface area contributed by atoms with Gasteiger partial charge in [0, 0.05) is 6.42 Å². The molecule has 0 rings (SSSR count). The van der Waals surface area contributed by atoms with E-state index in [0.29, 0.717) is 12.3 Å². The van der Waals surface area contributed by atoms with Gasteiger partial charge in [-0.15, -0.1) is 0 Å². The summed E-state index contributed by atoms with van der Waals surface area (Å²) in [7, 11) is 0. The second-order valence-electron chi connectivity index (χ2n) is 2.68. The molecule has 0 aromatic heterocycles. The number of hydrogen-bond donors (Lipinski definition) is 2. The fourth-order valence-corrected chi connectivity index (χ4v) is 0.662. The van der Waals surface area contributed by atoms with Crippen LogP contribution in [0.2, 0.25) is 0 Å². The molecule has 0 amide bonds. The van der Waals surface area contributed by atoms with Gasteiger partial charge >= 0.3 is 5.97 Å². The Kier molecular flexibility index (Phi) is 7.95. The quantitative estimate of drug-likeness (QED) is 0.639. The first kappa shape index (κ1) is 12.1. The largest absolute Gasteiger partial charge is 0.481 e. The van der Waals surface area contributed by atoms with E-state index in [1.54, 1.807) is 0 Å². The first-order valence-corrected chi connectivity index (χ1v) is 3.34. The SMILES string of the molecule is CC(C)CCCC(=O)O.N. The van der Waals surface area contributed by atoms with Crippen LogP contribution in [0.4, 0.5) is 0 Å². The maximum atomic E-state index is 9.98. The Balaban J connectivity index is 0. The highest BCUT2D eigenvalue weighted by atomic mass is 16.4. The predicted octanol–water partition coefficient (Wildman–Crippen LogP) is 2.06. The van der Waals surface area contributed by atoms with Crippen molar-refractivity contribution in [1.82, 2.24) is 6.15 Å². The van der Waals surface area contributed by atoms with E-state index in [1.165, 1.54) is 0 Å². The fraction of sp³-hybridized carbons (Fsp3) is 0.857. The molecule has 0 atom stereocenters. The van der Waals surface area contributed by atoms with Gasteiger partial charge in [0.2, 0.25) is 0 Å². The molecule has 3 nitrogen and oxygen atoms in total. The van der Waals surface area contributed by atoms with Crippen molar-refractivity contribution >= 4 is 5.97 Å². The van der Waals surface area contributed by atoms with Crippen molar-refractivity contribution in [3.05, 3.63) is 0 Å². The molecule has 10 heavy (non-hydrogen) atoms. The third-order valence-corrected chi connectivity index (χ3v) is 1.17. The summed E-state index contributed by atoms with van der Waals surface area (Å²) in [6.07, 6.45) is 2.15. The summed E-state index contributed by atoms with van der Waals surface area (Å²) in [6, 6.07) is 0. The van der Waals surface area contributed by atoms with Gasteiger partial charge in [-0.25, -0.2) is 0 Å². The normalized spacial score (nSPS) is 9.10. The highest BCUT2D eigenvalue weighted by Crippen LogP contribution is 2.05. The summed E-state index contributed by atoms with van der Waals surface area (Å²) >= 11 is 0. The molecule has 0 radical (unpaired) electrons. The molecule has 0 heterocycles. The van der Waals surface area contributed by atoms with Crippen molar-refractivity contribution in [3.8, 4) is 0 Å². The standard InChI is InChI=1S/C7H14O2.H3N/c1-6(2)4-3-5-7(8)9;/h6H,3-5H2,1-2H3,(H,8,9);1H3. The zero-order chi connectivity index (χ0) is 7.28. The van der Waals surface area contributed by atoms with Gasteiger partial charge in [0.25, 0.3) is 0 Å². The lowest BCUT2D eigenvalue weighted by atomic mass is 10.1. The topological polar surface area (TPSA) is 72.3 Å². The molecule has 0 unspecified atom stereocenters. The molecule has 0 aliphatic rings. The second-order valence-corrected chi connectivity index (χ2v) is 2.68. The molecule has 3 heteroatoms. The van der Waals surface area contributed by atoms with Crippen molar-refractivity contribution in [2.45, 2.75) is 33.1 Å². The fourth-order valence-electron chi connectivity index (χ4n) is 0.662. The summed E-state index contributed by atoms with van der Waals surface area (Å²) in [5.74, 6) is -0.0556. The third kappa shape index (κ3) is 10.4. The van der Waals surface area contributed by atoms with E-state index in [1.807, 2.05) is 0 Å². The Labute approximate surface area is 62.0 Å². The summed E-state index contributed by atoms with van der Waals surface area (Å²) < 4.78 is 0. The van der Waals surface area contributed by atoms with Gasteiger partial charge in [0.05, 0.1) is 0 Å².